The summed E-state index contributed by atoms with van der Waals surface area (Å²) in [6.07, 6.45) is 3.40. The summed E-state index contributed by atoms with van der Waals surface area (Å²) in [6, 6.07) is 2.75. The molecule has 5 heterocycles. The van der Waals surface area contributed by atoms with Crippen LogP contribution in [0, 0.1) is 11.7 Å². The predicted octanol–water partition coefficient (Wildman–Crippen LogP) is 0.814. The fourth-order valence-corrected chi connectivity index (χ4v) is 6.68. The number of aromatic nitrogens is 2. The van der Waals surface area contributed by atoms with E-state index in [4.69, 9.17) is 9.47 Å². The number of piperidine rings is 1. The summed E-state index contributed by atoms with van der Waals surface area (Å²) in [5, 5.41) is 18.0. The molecule has 14 heteroatoms. The molecule has 1 aromatic carbocycles. The van der Waals surface area contributed by atoms with Crippen LogP contribution in [0.4, 0.5) is 26.5 Å². The third-order valence-corrected chi connectivity index (χ3v) is 8.84. The number of rotatable bonds is 5. The zero-order valence-electron chi connectivity index (χ0n) is 22.9. The quantitative estimate of drug-likeness (QED) is 0.398. The number of hydrogen-bond acceptors (Lipinski definition) is 10. The molecule has 0 bridgehead atoms. The van der Waals surface area contributed by atoms with Gasteiger partial charge in [-0.05, 0) is 48.4 Å². The van der Waals surface area contributed by atoms with Gasteiger partial charge >= 0.3 is 6.09 Å². The van der Waals surface area contributed by atoms with Gasteiger partial charge in [-0.15, -0.1) is 0 Å². The Labute approximate surface area is 240 Å². The number of aliphatic hydroxyl groups excluding tert-OH is 1. The molecule has 4 aliphatic heterocycles. The Kier molecular flexibility index (Phi) is 6.71. The average Bonchev–Trinajstić information content (AvgIpc) is 3.67. The molecule has 2 aromatic rings. The number of nitrogens with zero attached hydrogens (tertiary/aromatic N) is 4. The van der Waals surface area contributed by atoms with Crippen LogP contribution in [-0.4, -0.2) is 95.0 Å². The second-order valence-electron chi connectivity index (χ2n) is 11.9. The maximum Gasteiger partial charge on any atom is 0.416 e. The Balaban J connectivity index is 0.938. The van der Waals surface area contributed by atoms with Crippen molar-refractivity contribution in [2.24, 2.45) is 5.92 Å². The molecule has 1 aromatic heterocycles. The molecule has 1 aliphatic carbocycles. The molecule has 1 spiro atoms. The van der Waals surface area contributed by atoms with Crippen LogP contribution in [0.25, 0.3) is 0 Å². The lowest BCUT2D eigenvalue weighted by Crippen LogP contribution is -2.48. The van der Waals surface area contributed by atoms with E-state index in [2.05, 4.69) is 30.8 Å². The lowest BCUT2D eigenvalue weighted by molar-refractivity contribution is -0.119. The van der Waals surface area contributed by atoms with Gasteiger partial charge in [0.15, 0.2) is 18.2 Å². The van der Waals surface area contributed by atoms with E-state index in [0.717, 1.165) is 31.6 Å². The molecule has 7 rings (SSSR count). The summed E-state index contributed by atoms with van der Waals surface area (Å²) in [5.74, 6) is 0.0205. The number of anilines is 3. The zero-order valence-corrected chi connectivity index (χ0v) is 22.9. The highest BCUT2D eigenvalue weighted by atomic mass is 19.1. The molecule has 1 unspecified atom stereocenters. The highest BCUT2D eigenvalue weighted by Gasteiger charge is 2.48. The normalized spacial score (nSPS) is 26.4. The van der Waals surface area contributed by atoms with Gasteiger partial charge < -0.3 is 35.4 Å². The first-order chi connectivity index (χ1) is 20.2. The molecule has 222 valence electrons. The van der Waals surface area contributed by atoms with Crippen LogP contribution in [0.1, 0.15) is 30.4 Å². The standard InChI is InChI=1S/C28H32FN7O6/c29-20-8-17(32-25(39)21-9-18(37)10-30-21)7-16-5-15(6-19(16)20)12-35-3-1-28(2-4-35)14-36(27(40)42-28)22-11-31-26-24(33-22)34-23(38)13-41-26/h7-8,11,15,18,21,30,37H,1-6,9-10,12-14H2,(H,32,39)(H,33,34,38)/t15?,18-,21+/m0/s1. The van der Waals surface area contributed by atoms with E-state index in [1.165, 1.54) is 17.2 Å². The molecule has 4 N–H and O–H groups in total. The first kappa shape index (κ1) is 27.0. The monoisotopic (exact) mass is 581 g/mol. The molecular weight excluding hydrogens is 549 g/mol. The number of halogens is 1. The molecule has 3 saturated heterocycles. The first-order valence-corrected chi connectivity index (χ1v) is 14.3. The second-order valence-corrected chi connectivity index (χ2v) is 11.9. The van der Waals surface area contributed by atoms with Crippen LogP contribution >= 0.6 is 0 Å². The van der Waals surface area contributed by atoms with Crippen LogP contribution in [0.2, 0.25) is 0 Å². The summed E-state index contributed by atoms with van der Waals surface area (Å²) in [4.78, 5) is 49.3. The van der Waals surface area contributed by atoms with E-state index in [-0.39, 0.29) is 41.9 Å². The number of nitrogens with one attached hydrogen (secondary N) is 3. The largest absolute Gasteiger partial charge is 0.465 e. The lowest BCUT2D eigenvalue weighted by Gasteiger charge is -2.38. The van der Waals surface area contributed by atoms with Crippen molar-refractivity contribution in [2.75, 3.05) is 54.9 Å². The molecule has 42 heavy (non-hydrogen) atoms. The average molecular weight is 582 g/mol. The van der Waals surface area contributed by atoms with E-state index in [9.17, 15) is 19.5 Å². The molecule has 3 fully saturated rings. The molecule has 5 aliphatic rings. The Hall–Kier alpha value is -3.88. The molecule has 13 nitrogen and oxygen atoms in total. The number of β-amino-alcohol motifs (C(OH)–C–C–N with tert-alkyl or cyclic N) is 1. The fourth-order valence-electron chi connectivity index (χ4n) is 6.68. The SMILES string of the molecule is O=C1COc2ncc(N3CC4(CCN(CC5Cc6cc(NC(=O)[C@H]7C[C@H](O)CN7)cc(F)c6C5)CC4)OC3=O)nc2N1. The highest BCUT2D eigenvalue weighted by Crippen LogP contribution is 2.38. The van der Waals surface area contributed by atoms with Crippen LogP contribution < -0.4 is 25.6 Å². The Morgan fingerprint density at radius 1 is 1.24 bits per heavy atom. The maximum absolute atomic E-state index is 15.0. The Morgan fingerprint density at radius 2 is 2.07 bits per heavy atom. The molecule has 3 amide bonds. The summed E-state index contributed by atoms with van der Waals surface area (Å²) < 4.78 is 26.1. The minimum Gasteiger partial charge on any atom is -0.465 e. The van der Waals surface area contributed by atoms with Gasteiger partial charge in [0, 0.05) is 44.7 Å². The van der Waals surface area contributed by atoms with Crippen molar-refractivity contribution in [3.63, 3.8) is 0 Å². The van der Waals surface area contributed by atoms with Crippen molar-refractivity contribution in [1.82, 2.24) is 20.2 Å². The van der Waals surface area contributed by atoms with Gasteiger partial charge in [0.25, 0.3) is 11.8 Å². The molecular formula is C28H32FN7O6. The van der Waals surface area contributed by atoms with Gasteiger partial charge in [-0.3, -0.25) is 14.5 Å². The van der Waals surface area contributed by atoms with Crippen molar-refractivity contribution in [2.45, 2.75) is 49.9 Å². The van der Waals surface area contributed by atoms with Gasteiger partial charge in [0.05, 0.1) is 24.9 Å². The van der Waals surface area contributed by atoms with Gasteiger partial charge in [-0.1, -0.05) is 0 Å². The third-order valence-electron chi connectivity index (χ3n) is 8.84. The second kappa shape index (κ2) is 10.4. The number of hydrogen-bond donors (Lipinski definition) is 4. The van der Waals surface area contributed by atoms with Crippen molar-refractivity contribution < 1.29 is 33.4 Å². The van der Waals surface area contributed by atoms with Gasteiger partial charge in [-0.2, -0.15) is 0 Å². The van der Waals surface area contributed by atoms with Crippen LogP contribution in [0.15, 0.2) is 18.3 Å². The number of aliphatic hydroxyl groups is 1. The van der Waals surface area contributed by atoms with Gasteiger partial charge in [0.2, 0.25) is 5.91 Å². The van der Waals surface area contributed by atoms with E-state index in [1.807, 2.05) is 6.07 Å². The fraction of sp³-hybridized carbons (Fsp3) is 0.536. The summed E-state index contributed by atoms with van der Waals surface area (Å²) in [6.45, 7) is 2.85. The van der Waals surface area contributed by atoms with Gasteiger partial charge in [-0.25, -0.2) is 19.2 Å². The Morgan fingerprint density at radius 3 is 2.86 bits per heavy atom. The molecule has 3 atom stereocenters. The van der Waals surface area contributed by atoms with Crippen molar-refractivity contribution >= 4 is 35.2 Å². The number of benzene rings is 1. The highest BCUT2D eigenvalue weighted by molar-refractivity contribution is 5.95. The van der Waals surface area contributed by atoms with E-state index in [0.29, 0.717) is 55.8 Å². The van der Waals surface area contributed by atoms with Crippen LogP contribution in [-0.2, 0) is 27.2 Å². The number of carbonyl (C=O) groups is 3. The van der Waals surface area contributed by atoms with Crippen molar-refractivity contribution in [3.05, 3.63) is 35.3 Å². The first-order valence-electron chi connectivity index (χ1n) is 14.3. The number of likely N-dealkylation sites (tertiary alicyclic amines) is 1. The van der Waals surface area contributed by atoms with E-state index in [1.54, 1.807) is 0 Å². The van der Waals surface area contributed by atoms with Crippen LogP contribution in [0.3, 0.4) is 0 Å². The summed E-state index contributed by atoms with van der Waals surface area (Å²) in [5.41, 5.74) is 1.42. The predicted molar refractivity (Wildman–Crippen MR) is 147 cm³/mol. The van der Waals surface area contributed by atoms with Crippen molar-refractivity contribution in [1.29, 1.82) is 0 Å². The van der Waals surface area contributed by atoms with E-state index >= 15 is 4.39 Å². The zero-order chi connectivity index (χ0) is 29.0. The minimum absolute atomic E-state index is 0.127. The summed E-state index contributed by atoms with van der Waals surface area (Å²) in [7, 11) is 0. The Bertz CT molecular complexity index is 1450. The third kappa shape index (κ3) is 5.14. The molecule has 0 saturated carbocycles. The molecule has 0 radical (unpaired) electrons. The number of carbonyl (C=O) groups excluding carboxylic acids is 3. The number of fused-ring (bicyclic) bond motifs is 2. The number of amides is 3. The number of ether oxygens (including phenoxy) is 2. The van der Waals surface area contributed by atoms with E-state index < -0.39 is 23.8 Å². The van der Waals surface area contributed by atoms with Gasteiger partial charge in [0.1, 0.15) is 11.4 Å². The topological polar surface area (TPSA) is 158 Å². The van der Waals surface area contributed by atoms with Crippen LogP contribution in [0.5, 0.6) is 5.88 Å². The maximum atomic E-state index is 15.0. The summed E-state index contributed by atoms with van der Waals surface area (Å²) >= 11 is 0. The smallest absolute Gasteiger partial charge is 0.416 e. The minimum atomic E-state index is -0.632. The lowest BCUT2D eigenvalue weighted by atomic mass is 9.90. The van der Waals surface area contributed by atoms with Crippen molar-refractivity contribution in [3.8, 4) is 5.88 Å².